The number of sulfonamides is 1. The van der Waals surface area contributed by atoms with E-state index in [-0.39, 0.29) is 29.5 Å². The van der Waals surface area contributed by atoms with E-state index in [0.29, 0.717) is 22.4 Å². The van der Waals surface area contributed by atoms with E-state index in [1.807, 2.05) is 0 Å². The average Bonchev–Trinajstić information content (AvgIpc) is 3.10. The maximum atomic E-state index is 12.5. The molecule has 11 nitrogen and oxygen atoms in total. The van der Waals surface area contributed by atoms with Crippen molar-refractivity contribution in [2.45, 2.75) is 25.2 Å². The van der Waals surface area contributed by atoms with Gasteiger partial charge < -0.3 is 4.90 Å². The number of nitrogens with zero attached hydrogens (tertiary/aromatic N) is 3. The Morgan fingerprint density at radius 3 is 2.50 bits per heavy atom. The maximum Gasteiger partial charge on any atom is 0.269 e. The van der Waals surface area contributed by atoms with Gasteiger partial charge in [-0.25, -0.2) is 19.0 Å². The lowest BCUT2D eigenvalue weighted by molar-refractivity contribution is -0.384. The van der Waals surface area contributed by atoms with Gasteiger partial charge in [-0.3, -0.25) is 19.7 Å². The number of rotatable bonds is 6. The van der Waals surface area contributed by atoms with Crippen LogP contribution in [0, 0.1) is 29.9 Å². The van der Waals surface area contributed by atoms with E-state index in [9.17, 15) is 28.1 Å². The van der Waals surface area contributed by atoms with Crippen LogP contribution in [0.3, 0.4) is 0 Å². The zero-order valence-corrected chi connectivity index (χ0v) is 18.1. The fraction of sp³-hybridized carbons (Fsp3) is 0.250. The first-order valence-electron chi connectivity index (χ1n) is 9.49. The number of anilines is 1. The van der Waals surface area contributed by atoms with Gasteiger partial charge >= 0.3 is 0 Å². The maximum absolute atomic E-state index is 12.5. The van der Waals surface area contributed by atoms with E-state index in [4.69, 9.17) is 5.14 Å². The van der Waals surface area contributed by atoms with Gasteiger partial charge in [-0.1, -0.05) is 0 Å². The number of carbonyl (C=O) groups is 2. The molecule has 168 valence electrons. The molecular weight excluding hydrogens is 438 g/mol. The lowest BCUT2D eigenvalue weighted by atomic mass is 10.1. The van der Waals surface area contributed by atoms with Crippen LogP contribution in [0.15, 0.2) is 46.4 Å². The molecular formula is C20H21N5O6S. The molecule has 0 radical (unpaired) electrons. The number of nitro benzene ring substituents is 1. The topological polar surface area (TPSA) is 165 Å². The fourth-order valence-corrected chi connectivity index (χ4v) is 4.28. The Labute approximate surface area is 184 Å². The number of primary sulfonamides is 1. The van der Waals surface area contributed by atoms with Crippen molar-refractivity contribution in [2.75, 3.05) is 11.4 Å². The van der Waals surface area contributed by atoms with Crippen LogP contribution >= 0.6 is 0 Å². The molecule has 32 heavy (non-hydrogen) atoms. The molecule has 1 atom stereocenters. The Morgan fingerprint density at radius 1 is 1.25 bits per heavy atom. The molecule has 0 aliphatic carbocycles. The Morgan fingerprint density at radius 2 is 1.91 bits per heavy atom. The molecule has 0 aromatic heterocycles. The highest BCUT2D eigenvalue weighted by Gasteiger charge is 2.36. The molecule has 12 heteroatoms. The van der Waals surface area contributed by atoms with Gasteiger partial charge in [0.25, 0.3) is 5.69 Å². The van der Waals surface area contributed by atoms with Crippen LogP contribution < -0.4 is 15.5 Å². The van der Waals surface area contributed by atoms with E-state index in [2.05, 4.69) is 10.5 Å². The minimum Gasteiger partial charge on any atom is -0.311 e. The summed E-state index contributed by atoms with van der Waals surface area (Å²) >= 11 is 0. The standard InChI is InChI=1S/C20H21N5O6S/c1-12-8-18(32(21,30)31)13(2)7-17(12)24-11-15(9-19(24)26)20(27)23-22-10-14-3-5-16(6-4-14)25(28)29/h3-8,10,15H,9,11H2,1-2H3,(H,23,27)(H2,21,30,31)/b22-10+. The minimum absolute atomic E-state index is 0.0136. The highest BCUT2D eigenvalue weighted by Crippen LogP contribution is 2.31. The molecule has 2 aromatic carbocycles. The van der Waals surface area contributed by atoms with Gasteiger partial charge in [0.05, 0.1) is 22.0 Å². The number of nitro groups is 1. The van der Waals surface area contributed by atoms with Crippen molar-refractivity contribution in [1.82, 2.24) is 5.43 Å². The van der Waals surface area contributed by atoms with Crippen LogP contribution in [-0.2, 0) is 19.6 Å². The number of non-ortho nitro benzene ring substituents is 1. The minimum atomic E-state index is -3.89. The van der Waals surface area contributed by atoms with E-state index in [1.54, 1.807) is 19.9 Å². The predicted octanol–water partition coefficient (Wildman–Crippen LogP) is 1.36. The number of nitrogens with two attached hydrogens (primary N) is 1. The van der Waals surface area contributed by atoms with Gasteiger partial charge in [-0.05, 0) is 54.8 Å². The number of hydrogen-bond donors (Lipinski definition) is 2. The number of benzene rings is 2. The molecule has 0 bridgehead atoms. The van der Waals surface area contributed by atoms with E-state index >= 15 is 0 Å². The normalized spacial score (nSPS) is 16.5. The Kier molecular flexibility index (Phi) is 6.37. The van der Waals surface area contributed by atoms with Crippen molar-refractivity contribution in [2.24, 2.45) is 16.2 Å². The van der Waals surface area contributed by atoms with E-state index < -0.39 is 26.8 Å². The summed E-state index contributed by atoms with van der Waals surface area (Å²) in [5, 5.41) is 19.7. The molecule has 1 saturated heterocycles. The molecule has 0 saturated carbocycles. The summed E-state index contributed by atoms with van der Waals surface area (Å²) in [7, 11) is -3.89. The van der Waals surface area contributed by atoms with E-state index in [1.165, 1.54) is 41.4 Å². The van der Waals surface area contributed by atoms with Crippen molar-refractivity contribution < 1.29 is 22.9 Å². The first kappa shape index (κ1) is 23.0. The summed E-state index contributed by atoms with van der Waals surface area (Å²) in [4.78, 5) is 36.6. The number of hydrazone groups is 1. The second-order valence-corrected chi connectivity index (χ2v) is 8.97. The van der Waals surface area contributed by atoms with Gasteiger partial charge in [-0.15, -0.1) is 0 Å². The molecule has 1 unspecified atom stereocenters. The van der Waals surface area contributed by atoms with Gasteiger partial charge in [-0.2, -0.15) is 5.10 Å². The molecule has 1 aliphatic heterocycles. The Hall–Kier alpha value is -3.64. The summed E-state index contributed by atoms with van der Waals surface area (Å²) in [6.45, 7) is 3.37. The zero-order valence-electron chi connectivity index (χ0n) is 17.3. The van der Waals surface area contributed by atoms with Crippen molar-refractivity contribution in [3.63, 3.8) is 0 Å². The van der Waals surface area contributed by atoms with Crippen LogP contribution in [0.2, 0.25) is 0 Å². The van der Waals surface area contributed by atoms with Crippen molar-refractivity contribution in [1.29, 1.82) is 0 Å². The first-order valence-corrected chi connectivity index (χ1v) is 11.0. The van der Waals surface area contributed by atoms with Crippen LogP contribution in [0.1, 0.15) is 23.1 Å². The van der Waals surface area contributed by atoms with Gasteiger partial charge in [0.15, 0.2) is 0 Å². The highest BCUT2D eigenvalue weighted by molar-refractivity contribution is 7.89. The molecule has 1 aliphatic rings. The predicted molar refractivity (Wildman–Crippen MR) is 117 cm³/mol. The third-order valence-electron chi connectivity index (χ3n) is 5.08. The highest BCUT2D eigenvalue weighted by atomic mass is 32.2. The van der Waals surface area contributed by atoms with Gasteiger partial charge in [0.2, 0.25) is 21.8 Å². The lowest BCUT2D eigenvalue weighted by Crippen LogP contribution is -2.30. The number of amides is 2. The molecule has 0 spiro atoms. The summed E-state index contributed by atoms with van der Waals surface area (Å²) in [5.41, 5.74) is 4.35. The quantitative estimate of drug-likeness (QED) is 0.376. The second kappa shape index (κ2) is 8.85. The van der Waals surface area contributed by atoms with Gasteiger partial charge in [0, 0.05) is 30.8 Å². The smallest absolute Gasteiger partial charge is 0.269 e. The Bertz CT molecular complexity index is 1220. The lowest BCUT2D eigenvalue weighted by Gasteiger charge is -2.20. The number of aryl methyl sites for hydroxylation is 2. The molecule has 2 aromatic rings. The van der Waals surface area contributed by atoms with Crippen molar-refractivity contribution >= 4 is 39.4 Å². The number of carbonyl (C=O) groups excluding carboxylic acids is 2. The van der Waals surface area contributed by atoms with Crippen LogP contribution in [0.4, 0.5) is 11.4 Å². The molecule has 1 fully saturated rings. The molecule has 1 heterocycles. The average molecular weight is 459 g/mol. The molecule has 3 N–H and O–H groups in total. The fourth-order valence-electron chi connectivity index (χ4n) is 3.43. The van der Waals surface area contributed by atoms with Crippen LogP contribution in [0.5, 0.6) is 0 Å². The van der Waals surface area contributed by atoms with Crippen LogP contribution in [0.25, 0.3) is 0 Å². The number of nitrogens with one attached hydrogen (secondary N) is 1. The van der Waals surface area contributed by atoms with Crippen molar-refractivity contribution in [3.05, 3.63) is 63.2 Å². The first-order chi connectivity index (χ1) is 15.0. The largest absolute Gasteiger partial charge is 0.311 e. The third kappa shape index (κ3) is 4.98. The van der Waals surface area contributed by atoms with Crippen molar-refractivity contribution in [3.8, 4) is 0 Å². The summed E-state index contributed by atoms with van der Waals surface area (Å²) in [5.74, 6) is -1.36. The zero-order chi connectivity index (χ0) is 23.6. The molecule has 3 rings (SSSR count). The Balaban J connectivity index is 1.68. The number of hydrogen-bond acceptors (Lipinski definition) is 7. The summed E-state index contributed by atoms with van der Waals surface area (Å²) in [6, 6.07) is 8.61. The third-order valence-corrected chi connectivity index (χ3v) is 6.13. The SMILES string of the molecule is Cc1cc(S(N)(=O)=O)c(C)cc1N1CC(C(=O)N/N=C/c2ccc([N+](=O)[O-])cc2)CC1=O. The summed E-state index contributed by atoms with van der Waals surface area (Å²) < 4.78 is 23.4. The second-order valence-electron chi connectivity index (χ2n) is 7.44. The van der Waals surface area contributed by atoms with E-state index in [0.717, 1.165) is 0 Å². The monoisotopic (exact) mass is 459 g/mol. The van der Waals surface area contributed by atoms with Crippen LogP contribution in [-0.4, -0.2) is 37.9 Å². The summed E-state index contributed by atoms with van der Waals surface area (Å²) in [6.07, 6.45) is 1.32. The van der Waals surface area contributed by atoms with Gasteiger partial charge in [0.1, 0.15) is 0 Å². The molecule has 2 amide bonds.